The summed E-state index contributed by atoms with van der Waals surface area (Å²) in [5.74, 6) is -0.535. The van der Waals surface area contributed by atoms with E-state index in [-0.39, 0.29) is 43.5 Å². The van der Waals surface area contributed by atoms with Crippen LogP contribution in [0.1, 0.15) is 34.9 Å². The average molecular weight is 413 g/mol. The minimum absolute atomic E-state index is 0.0162. The number of ether oxygens (including phenoxy) is 1. The Morgan fingerprint density at radius 3 is 2.36 bits per heavy atom. The predicted molar refractivity (Wildman–Crippen MR) is 111 cm³/mol. The van der Waals surface area contributed by atoms with E-state index in [0.717, 1.165) is 11.1 Å². The molecule has 0 saturated heterocycles. The lowest BCUT2D eigenvalue weighted by atomic mass is 9.90. The van der Waals surface area contributed by atoms with Crippen molar-refractivity contribution in [3.8, 4) is 0 Å². The van der Waals surface area contributed by atoms with Gasteiger partial charge in [0.1, 0.15) is 17.4 Å². The number of Topliss-reactive ketones (excluding diaryl/α,β-unsaturated/α-hetero) is 1. The molecule has 2 aromatic carbocycles. The van der Waals surface area contributed by atoms with Crippen LogP contribution in [0.25, 0.3) is 0 Å². The number of carbonyl (C=O) groups excluding carboxylic acids is 2. The molecule has 1 atom stereocenters. The molecule has 0 saturated carbocycles. The van der Waals surface area contributed by atoms with Crippen molar-refractivity contribution in [1.82, 2.24) is 10.2 Å². The van der Waals surface area contributed by atoms with E-state index in [0.29, 0.717) is 8.96 Å². The highest BCUT2D eigenvalue weighted by atomic mass is 32.1. The van der Waals surface area contributed by atoms with E-state index in [2.05, 4.69) is 10.2 Å². The minimum Gasteiger partial charge on any atom is -0.461 e. The van der Waals surface area contributed by atoms with Crippen LogP contribution < -0.4 is 0 Å². The maximum absolute atomic E-state index is 12.5. The Hall–Kier alpha value is -2.64. The van der Waals surface area contributed by atoms with Crippen LogP contribution >= 0.6 is 23.6 Å². The monoisotopic (exact) mass is 412 g/mol. The van der Waals surface area contributed by atoms with Gasteiger partial charge in [-0.15, -0.1) is 0 Å². The van der Waals surface area contributed by atoms with Gasteiger partial charge >= 0.3 is 5.97 Å². The topological polar surface area (TPSA) is 72.0 Å². The maximum Gasteiger partial charge on any atom is 0.306 e. The van der Waals surface area contributed by atoms with Gasteiger partial charge < -0.3 is 4.74 Å². The van der Waals surface area contributed by atoms with Crippen molar-refractivity contribution in [1.29, 1.82) is 0 Å². The lowest BCUT2D eigenvalue weighted by Crippen LogP contribution is -2.15. The Morgan fingerprint density at radius 1 is 1.04 bits per heavy atom. The fourth-order valence-electron chi connectivity index (χ4n) is 2.88. The molecule has 1 N–H and O–H groups in total. The molecular weight excluding hydrogens is 392 g/mol. The number of hydrogen-bond donors (Lipinski definition) is 1. The van der Waals surface area contributed by atoms with Crippen molar-refractivity contribution in [3.05, 3.63) is 80.8 Å². The van der Waals surface area contributed by atoms with Crippen molar-refractivity contribution in [2.75, 3.05) is 0 Å². The van der Waals surface area contributed by atoms with Gasteiger partial charge in [-0.05, 0) is 23.3 Å². The van der Waals surface area contributed by atoms with E-state index >= 15 is 0 Å². The number of esters is 1. The molecule has 7 heteroatoms. The van der Waals surface area contributed by atoms with Gasteiger partial charge in [-0.1, -0.05) is 72.0 Å². The third-order valence-corrected chi connectivity index (χ3v) is 5.32. The molecule has 1 aromatic heterocycles. The van der Waals surface area contributed by atoms with Crippen LogP contribution in [0.2, 0.25) is 0 Å². The first-order valence-electron chi connectivity index (χ1n) is 8.90. The summed E-state index contributed by atoms with van der Waals surface area (Å²) in [6.45, 7) is 0.228. The summed E-state index contributed by atoms with van der Waals surface area (Å²) in [7, 11) is 0. The van der Waals surface area contributed by atoms with Gasteiger partial charge in [-0.3, -0.25) is 14.7 Å². The van der Waals surface area contributed by atoms with Crippen LogP contribution in [-0.2, 0) is 27.4 Å². The zero-order chi connectivity index (χ0) is 19.8. The highest BCUT2D eigenvalue weighted by Crippen LogP contribution is 2.25. The van der Waals surface area contributed by atoms with Gasteiger partial charge in [0.05, 0.1) is 12.8 Å². The molecule has 0 radical (unpaired) electrons. The first-order valence-corrected chi connectivity index (χ1v) is 10.1. The van der Waals surface area contributed by atoms with Crippen molar-refractivity contribution in [2.45, 2.75) is 31.8 Å². The van der Waals surface area contributed by atoms with E-state index in [9.17, 15) is 9.59 Å². The van der Waals surface area contributed by atoms with Gasteiger partial charge in [0.2, 0.25) is 0 Å². The highest BCUT2D eigenvalue weighted by molar-refractivity contribution is 7.73. The van der Waals surface area contributed by atoms with E-state index in [4.69, 9.17) is 17.0 Å². The van der Waals surface area contributed by atoms with Crippen LogP contribution in [0.4, 0.5) is 0 Å². The number of nitrogens with one attached hydrogen (secondary N) is 1. The van der Waals surface area contributed by atoms with Crippen LogP contribution in [0.3, 0.4) is 0 Å². The van der Waals surface area contributed by atoms with Crippen molar-refractivity contribution in [2.24, 2.45) is 0 Å². The normalized spacial score (nSPS) is 11.7. The SMILES string of the molecule is O=C(Cc1n[nH]c(=S)s1)CC(CC(=O)OCc1ccccc1)c1ccccc1. The third-order valence-electron chi connectivity index (χ3n) is 4.23. The zero-order valence-electron chi connectivity index (χ0n) is 15.2. The molecule has 1 unspecified atom stereocenters. The van der Waals surface area contributed by atoms with Gasteiger partial charge in [0.25, 0.3) is 0 Å². The molecule has 0 fully saturated rings. The molecule has 0 aliphatic carbocycles. The molecular formula is C21H20N2O3S2. The van der Waals surface area contributed by atoms with Gasteiger partial charge in [0, 0.05) is 12.3 Å². The van der Waals surface area contributed by atoms with E-state index < -0.39 is 0 Å². The second-order valence-electron chi connectivity index (χ2n) is 6.38. The Balaban J connectivity index is 1.62. The Labute approximate surface area is 172 Å². The Bertz CT molecular complexity index is 968. The van der Waals surface area contributed by atoms with Crippen molar-refractivity contribution < 1.29 is 14.3 Å². The minimum atomic E-state index is -0.319. The van der Waals surface area contributed by atoms with E-state index in [1.165, 1.54) is 11.3 Å². The van der Waals surface area contributed by atoms with Crippen LogP contribution in [-0.4, -0.2) is 21.9 Å². The largest absolute Gasteiger partial charge is 0.461 e. The molecule has 0 bridgehead atoms. The molecule has 0 aliphatic heterocycles. The standard InChI is InChI=1S/C21H20N2O3S2/c24-18(13-19-22-23-21(27)28-19)11-17(16-9-5-2-6-10-16)12-20(25)26-14-15-7-3-1-4-8-15/h1-10,17H,11-14H2,(H,23,27). The fraction of sp³-hybridized carbons (Fsp3) is 0.238. The molecule has 3 aromatic rings. The number of ketones is 1. The molecule has 144 valence electrons. The lowest BCUT2D eigenvalue weighted by Gasteiger charge is -2.16. The number of rotatable bonds is 9. The Morgan fingerprint density at radius 2 is 1.71 bits per heavy atom. The number of nitrogens with zero attached hydrogens (tertiary/aromatic N) is 1. The number of carbonyl (C=O) groups is 2. The third kappa shape index (κ3) is 6.21. The molecule has 5 nitrogen and oxygen atoms in total. The number of benzene rings is 2. The maximum atomic E-state index is 12.5. The van der Waals surface area contributed by atoms with Gasteiger partial charge in [-0.25, -0.2) is 0 Å². The first kappa shape index (κ1) is 20.1. The first-order chi connectivity index (χ1) is 13.6. The lowest BCUT2D eigenvalue weighted by molar-refractivity contribution is -0.145. The van der Waals surface area contributed by atoms with Crippen LogP contribution in [0.5, 0.6) is 0 Å². The number of aromatic nitrogens is 2. The summed E-state index contributed by atoms with van der Waals surface area (Å²) in [6, 6.07) is 19.1. The fourth-order valence-corrected chi connectivity index (χ4v) is 3.85. The molecule has 28 heavy (non-hydrogen) atoms. The molecule has 0 aliphatic rings. The molecule has 0 spiro atoms. The van der Waals surface area contributed by atoms with Gasteiger partial charge in [0.15, 0.2) is 3.95 Å². The Kier molecular flexibility index (Phi) is 7.22. The number of hydrogen-bond acceptors (Lipinski definition) is 6. The summed E-state index contributed by atoms with van der Waals surface area (Å²) in [5, 5.41) is 7.38. The second kappa shape index (κ2) is 10.1. The van der Waals surface area contributed by atoms with Crippen molar-refractivity contribution in [3.63, 3.8) is 0 Å². The summed E-state index contributed by atoms with van der Waals surface area (Å²) < 4.78 is 5.95. The quantitative estimate of drug-likeness (QED) is 0.410. The zero-order valence-corrected chi connectivity index (χ0v) is 16.8. The molecule has 1 heterocycles. The average Bonchev–Trinajstić information content (AvgIpc) is 3.12. The van der Waals surface area contributed by atoms with Crippen LogP contribution in [0.15, 0.2) is 60.7 Å². The predicted octanol–water partition coefficient (Wildman–Crippen LogP) is 4.62. The smallest absolute Gasteiger partial charge is 0.306 e. The number of H-pyrrole nitrogens is 1. The summed E-state index contributed by atoms with van der Waals surface area (Å²) in [5.41, 5.74) is 1.88. The molecule has 3 rings (SSSR count). The number of aromatic amines is 1. The summed E-state index contributed by atoms with van der Waals surface area (Å²) in [4.78, 5) is 24.9. The summed E-state index contributed by atoms with van der Waals surface area (Å²) in [6.07, 6.45) is 0.607. The highest BCUT2D eigenvalue weighted by Gasteiger charge is 2.21. The summed E-state index contributed by atoms with van der Waals surface area (Å²) >= 11 is 6.30. The van der Waals surface area contributed by atoms with Gasteiger partial charge in [-0.2, -0.15) is 5.10 Å². The molecule has 0 amide bonds. The van der Waals surface area contributed by atoms with Crippen LogP contribution in [0, 0.1) is 3.95 Å². The van der Waals surface area contributed by atoms with E-state index in [1.54, 1.807) is 0 Å². The second-order valence-corrected chi connectivity index (χ2v) is 8.13. The van der Waals surface area contributed by atoms with Crippen molar-refractivity contribution >= 4 is 35.3 Å². The van der Waals surface area contributed by atoms with E-state index in [1.807, 2.05) is 60.7 Å².